The second-order valence-electron chi connectivity index (χ2n) is 4.02. The summed E-state index contributed by atoms with van der Waals surface area (Å²) in [6, 6.07) is 0. The molecule has 0 atom stereocenters. The Morgan fingerprint density at radius 3 is 2.20 bits per heavy atom. The summed E-state index contributed by atoms with van der Waals surface area (Å²) < 4.78 is 5.35. The maximum atomic E-state index is 5.52. The molecule has 0 spiro atoms. The van der Waals surface area contributed by atoms with E-state index < -0.39 is 0 Å². The first-order valence-electron chi connectivity index (χ1n) is 5.65. The molecule has 0 aromatic carbocycles. The number of hydrogen-bond acceptors (Lipinski definition) is 4. The second kappa shape index (κ2) is 6.82. The maximum absolute atomic E-state index is 5.52. The Balaban J connectivity index is 2.06. The highest BCUT2D eigenvalue weighted by molar-refractivity contribution is 4.75. The third kappa shape index (κ3) is 5.16. The first-order chi connectivity index (χ1) is 7.22. The highest BCUT2D eigenvalue weighted by Crippen LogP contribution is 2.01. The lowest BCUT2D eigenvalue weighted by Crippen LogP contribution is -2.48. The summed E-state index contributed by atoms with van der Waals surface area (Å²) in [5.41, 5.74) is 5.52. The summed E-state index contributed by atoms with van der Waals surface area (Å²) in [4.78, 5) is 4.84. The van der Waals surface area contributed by atoms with Gasteiger partial charge in [-0.25, -0.2) is 0 Å². The van der Waals surface area contributed by atoms with Gasteiger partial charge < -0.3 is 10.5 Å². The molecule has 0 unspecified atom stereocenters. The van der Waals surface area contributed by atoms with E-state index in [9.17, 15) is 0 Å². The lowest BCUT2D eigenvalue weighted by atomic mass is 10.3. The Bertz CT molecular complexity index is 188. The largest absolute Gasteiger partial charge is 0.498 e. The molecule has 0 aromatic rings. The lowest BCUT2D eigenvalue weighted by Gasteiger charge is -2.34. The lowest BCUT2D eigenvalue weighted by molar-refractivity contribution is 0.103. The smallest absolute Gasteiger partial charge is 0.100 e. The van der Waals surface area contributed by atoms with Crippen LogP contribution in [0.1, 0.15) is 6.92 Å². The quantitative estimate of drug-likeness (QED) is 0.636. The van der Waals surface area contributed by atoms with Gasteiger partial charge in [-0.15, -0.1) is 0 Å². The van der Waals surface area contributed by atoms with E-state index in [1.807, 2.05) is 6.92 Å². The molecule has 15 heavy (non-hydrogen) atoms. The van der Waals surface area contributed by atoms with Crippen molar-refractivity contribution in [2.75, 3.05) is 52.4 Å². The van der Waals surface area contributed by atoms with Gasteiger partial charge in [-0.2, -0.15) is 0 Å². The van der Waals surface area contributed by atoms with E-state index in [0.717, 1.165) is 58.2 Å². The van der Waals surface area contributed by atoms with Crippen LogP contribution in [0, 0.1) is 0 Å². The van der Waals surface area contributed by atoms with Crippen LogP contribution in [0.3, 0.4) is 0 Å². The topological polar surface area (TPSA) is 41.7 Å². The van der Waals surface area contributed by atoms with Gasteiger partial charge >= 0.3 is 0 Å². The van der Waals surface area contributed by atoms with Gasteiger partial charge in [0.15, 0.2) is 0 Å². The second-order valence-corrected chi connectivity index (χ2v) is 4.02. The van der Waals surface area contributed by atoms with Crippen molar-refractivity contribution in [1.82, 2.24) is 9.80 Å². The van der Waals surface area contributed by atoms with Crippen LogP contribution in [0.5, 0.6) is 0 Å². The molecule has 0 amide bonds. The van der Waals surface area contributed by atoms with Crippen molar-refractivity contribution in [2.24, 2.45) is 5.73 Å². The van der Waals surface area contributed by atoms with E-state index >= 15 is 0 Å². The number of hydrogen-bond donors (Lipinski definition) is 1. The van der Waals surface area contributed by atoms with Crippen molar-refractivity contribution in [3.8, 4) is 0 Å². The molecule has 0 aliphatic carbocycles. The molecule has 1 fully saturated rings. The van der Waals surface area contributed by atoms with Gasteiger partial charge in [0, 0.05) is 45.8 Å². The van der Waals surface area contributed by atoms with Gasteiger partial charge in [0.2, 0.25) is 0 Å². The summed E-state index contributed by atoms with van der Waals surface area (Å²) in [5, 5.41) is 0. The Hall–Kier alpha value is -0.580. The van der Waals surface area contributed by atoms with E-state index in [4.69, 9.17) is 10.5 Å². The van der Waals surface area contributed by atoms with Crippen molar-refractivity contribution >= 4 is 0 Å². The molecule has 1 saturated heterocycles. The summed E-state index contributed by atoms with van der Waals surface area (Å²) in [6.45, 7) is 13.7. The number of nitrogens with two attached hydrogens (primary N) is 1. The average Bonchev–Trinajstić information content (AvgIpc) is 2.20. The molecular formula is C11H23N3O. The predicted molar refractivity (Wildman–Crippen MR) is 62.7 cm³/mol. The van der Waals surface area contributed by atoms with Crippen LogP contribution in [-0.2, 0) is 4.74 Å². The molecule has 1 aliphatic heterocycles. The van der Waals surface area contributed by atoms with Crippen LogP contribution in [0.15, 0.2) is 12.3 Å². The molecule has 1 rings (SSSR count). The van der Waals surface area contributed by atoms with Crippen molar-refractivity contribution in [3.63, 3.8) is 0 Å². The number of rotatable bonds is 6. The fourth-order valence-electron chi connectivity index (χ4n) is 1.77. The molecule has 0 aromatic heterocycles. The Morgan fingerprint density at radius 1 is 1.20 bits per heavy atom. The maximum Gasteiger partial charge on any atom is 0.100 e. The van der Waals surface area contributed by atoms with Crippen LogP contribution in [-0.4, -0.2) is 62.2 Å². The third-order valence-corrected chi connectivity index (χ3v) is 2.67. The highest BCUT2D eigenvalue weighted by Gasteiger charge is 2.15. The van der Waals surface area contributed by atoms with Gasteiger partial charge in [-0.3, -0.25) is 9.80 Å². The zero-order valence-electron chi connectivity index (χ0n) is 9.74. The van der Waals surface area contributed by atoms with Crippen LogP contribution in [0.2, 0.25) is 0 Å². The van der Waals surface area contributed by atoms with Crippen LogP contribution < -0.4 is 5.73 Å². The molecule has 1 heterocycles. The van der Waals surface area contributed by atoms with Crippen molar-refractivity contribution in [2.45, 2.75) is 6.92 Å². The number of nitrogens with zero attached hydrogens (tertiary/aromatic N) is 2. The van der Waals surface area contributed by atoms with E-state index in [1.54, 1.807) is 0 Å². The minimum Gasteiger partial charge on any atom is -0.498 e. The summed E-state index contributed by atoms with van der Waals surface area (Å²) in [6.07, 6.45) is 0. The van der Waals surface area contributed by atoms with Gasteiger partial charge in [0.05, 0.1) is 5.76 Å². The highest BCUT2D eigenvalue weighted by atomic mass is 16.5. The van der Waals surface area contributed by atoms with E-state index in [1.165, 1.54) is 0 Å². The minimum atomic E-state index is 0.756. The average molecular weight is 213 g/mol. The first kappa shape index (κ1) is 12.5. The summed E-state index contributed by atoms with van der Waals surface area (Å²) in [7, 11) is 0. The fourth-order valence-corrected chi connectivity index (χ4v) is 1.77. The van der Waals surface area contributed by atoms with Crippen LogP contribution >= 0.6 is 0 Å². The van der Waals surface area contributed by atoms with E-state index in [-0.39, 0.29) is 0 Å². The Labute approximate surface area is 92.7 Å². The summed E-state index contributed by atoms with van der Waals surface area (Å²) in [5.74, 6) is 0.803. The van der Waals surface area contributed by atoms with Crippen LogP contribution in [0.25, 0.3) is 0 Å². The standard InChI is InChI=1S/C11H23N3O/c1-11(2)15-10-9-14-7-5-13(4-3-12)6-8-14/h1,3-10,12H2,2H3. The zero-order chi connectivity index (χ0) is 11.1. The van der Waals surface area contributed by atoms with Crippen molar-refractivity contribution < 1.29 is 4.74 Å². The van der Waals surface area contributed by atoms with Crippen LogP contribution in [0.4, 0.5) is 0 Å². The van der Waals surface area contributed by atoms with Gasteiger partial charge in [-0.1, -0.05) is 6.58 Å². The van der Waals surface area contributed by atoms with Gasteiger partial charge in [0.25, 0.3) is 0 Å². The van der Waals surface area contributed by atoms with E-state index in [0.29, 0.717) is 0 Å². The molecule has 88 valence electrons. The Kier molecular flexibility index (Phi) is 5.68. The molecule has 0 radical (unpaired) electrons. The SMILES string of the molecule is C=C(C)OCCN1CCN(CCN)CC1. The van der Waals surface area contributed by atoms with Gasteiger partial charge in [0.1, 0.15) is 6.61 Å². The normalized spacial score (nSPS) is 19.1. The molecule has 4 heteroatoms. The molecule has 1 aliphatic rings. The Morgan fingerprint density at radius 2 is 1.73 bits per heavy atom. The minimum absolute atomic E-state index is 0.756. The monoisotopic (exact) mass is 213 g/mol. The molecule has 4 nitrogen and oxygen atoms in total. The van der Waals surface area contributed by atoms with Gasteiger partial charge in [-0.05, 0) is 6.92 Å². The van der Waals surface area contributed by atoms with E-state index in [2.05, 4.69) is 16.4 Å². The molecule has 0 saturated carbocycles. The molecule has 0 bridgehead atoms. The fraction of sp³-hybridized carbons (Fsp3) is 0.818. The first-order valence-corrected chi connectivity index (χ1v) is 5.65. The zero-order valence-corrected chi connectivity index (χ0v) is 9.74. The molecule has 2 N–H and O–H groups in total. The summed E-state index contributed by atoms with van der Waals surface area (Å²) >= 11 is 0. The number of piperazine rings is 1. The number of allylic oxidation sites excluding steroid dienone is 1. The van der Waals surface area contributed by atoms with Crippen molar-refractivity contribution in [3.05, 3.63) is 12.3 Å². The third-order valence-electron chi connectivity index (χ3n) is 2.67. The number of ether oxygens (including phenoxy) is 1. The molecular weight excluding hydrogens is 190 g/mol. The van der Waals surface area contributed by atoms with Crippen molar-refractivity contribution in [1.29, 1.82) is 0 Å². The predicted octanol–water partition coefficient (Wildman–Crippen LogP) is 0.113.